The van der Waals surface area contributed by atoms with Crippen LogP contribution in [0.2, 0.25) is 5.15 Å². The summed E-state index contributed by atoms with van der Waals surface area (Å²) in [5, 5.41) is 2.99. The lowest BCUT2D eigenvalue weighted by molar-refractivity contribution is 0.0941. The number of aryl methyl sites for hydroxylation is 1. The topological polar surface area (TPSA) is 76.1 Å². The molecule has 1 unspecified atom stereocenters. The summed E-state index contributed by atoms with van der Waals surface area (Å²) in [5.74, 6) is -0.158. The highest BCUT2D eigenvalue weighted by molar-refractivity contribution is 7.91. The Bertz CT molecular complexity index is 601. The van der Waals surface area contributed by atoms with E-state index in [9.17, 15) is 13.2 Å². The Morgan fingerprint density at radius 2 is 2.26 bits per heavy atom. The molecule has 19 heavy (non-hydrogen) atoms. The first-order valence-electron chi connectivity index (χ1n) is 6.07. The third-order valence-corrected chi connectivity index (χ3v) is 5.00. The van der Waals surface area contributed by atoms with Crippen LogP contribution in [0.5, 0.6) is 0 Å². The number of aromatic nitrogens is 1. The Labute approximate surface area is 117 Å². The van der Waals surface area contributed by atoms with Crippen LogP contribution in [-0.4, -0.2) is 36.9 Å². The number of rotatable bonds is 3. The second-order valence-corrected chi connectivity index (χ2v) is 7.21. The Kier molecular flexibility index (Phi) is 4.10. The second kappa shape index (κ2) is 5.46. The lowest BCUT2D eigenvalue weighted by Gasteiger charge is -2.11. The number of sulfone groups is 1. The number of carbonyl (C=O) groups is 1. The fourth-order valence-corrected chi connectivity index (χ4v) is 3.94. The molecule has 2 rings (SSSR count). The van der Waals surface area contributed by atoms with E-state index >= 15 is 0 Å². The van der Waals surface area contributed by atoms with Crippen LogP contribution in [0.1, 0.15) is 29.4 Å². The van der Waals surface area contributed by atoms with E-state index in [4.69, 9.17) is 11.6 Å². The number of halogens is 1. The molecule has 0 radical (unpaired) electrons. The highest BCUT2D eigenvalue weighted by Gasteiger charge is 2.29. The first kappa shape index (κ1) is 14.3. The third kappa shape index (κ3) is 3.67. The zero-order valence-corrected chi connectivity index (χ0v) is 12.1. The first-order valence-corrected chi connectivity index (χ1v) is 8.27. The molecule has 5 nitrogen and oxygen atoms in total. The summed E-state index contributed by atoms with van der Waals surface area (Å²) in [7, 11) is -3.00. The van der Waals surface area contributed by atoms with Crippen molar-refractivity contribution >= 4 is 27.3 Å². The van der Waals surface area contributed by atoms with Crippen molar-refractivity contribution in [1.29, 1.82) is 0 Å². The number of hydrogen-bond acceptors (Lipinski definition) is 4. The zero-order chi connectivity index (χ0) is 14.0. The molecule has 1 aliphatic rings. The lowest BCUT2D eigenvalue weighted by Crippen LogP contribution is -2.35. The molecule has 104 valence electrons. The largest absolute Gasteiger partial charge is 0.348 e. The van der Waals surface area contributed by atoms with Crippen LogP contribution in [0, 0.1) is 0 Å². The van der Waals surface area contributed by atoms with Gasteiger partial charge in [-0.05, 0) is 25.0 Å². The van der Waals surface area contributed by atoms with Crippen molar-refractivity contribution < 1.29 is 13.2 Å². The average molecular weight is 303 g/mol. The molecule has 0 bridgehead atoms. The molecular weight excluding hydrogens is 288 g/mol. The van der Waals surface area contributed by atoms with E-state index in [0.29, 0.717) is 18.4 Å². The van der Waals surface area contributed by atoms with Crippen molar-refractivity contribution in [2.45, 2.75) is 25.8 Å². The maximum absolute atomic E-state index is 12.0. The molecule has 2 heterocycles. The van der Waals surface area contributed by atoms with Gasteiger partial charge in [0, 0.05) is 17.3 Å². The van der Waals surface area contributed by atoms with E-state index in [1.165, 1.54) is 6.07 Å². The van der Waals surface area contributed by atoms with Gasteiger partial charge in [-0.2, -0.15) is 0 Å². The minimum Gasteiger partial charge on any atom is -0.348 e. The average Bonchev–Trinajstić information content (AvgIpc) is 2.67. The Morgan fingerprint density at radius 3 is 2.84 bits per heavy atom. The highest BCUT2D eigenvalue weighted by atomic mass is 35.5. The van der Waals surface area contributed by atoms with Crippen LogP contribution in [-0.2, 0) is 16.3 Å². The Hall–Kier alpha value is -1.14. The van der Waals surface area contributed by atoms with Gasteiger partial charge in [-0.1, -0.05) is 18.5 Å². The van der Waals surface area contributed by atoms with Crippen molar-refractivity contribution in [2.75, 3.05) is 11.5 Å². The summed E-state index contributed by atoms with van der Waals surface area (Å²) in [6.45, 7) is 1.92. The minimum absolute atomic E-state index is 0.0121. The van der Waals surface area contributed by atoms with Crippen molar-refractivity contribution in [3.8, 4) is 0 Å². The third-order valence-electron chi connectivity index (χ3n) is 3.04. The maximum atomic E-state index is 12.0. The number of nitrogens with one attached hydrogen (secondary N) is 1. The zero-order valence-electron chi connectivity index (χ0n) is 10.5. The van der Waals surface area contributed by atoms with Crippen LogP contribution in [0.4, 0.5) is 0 Å². The Morgan fingerprint density at radius 1 is 1.53 bits per heavy atom. The molecule has 1 aromatic heterocycles. The second-order valence-electron chi connectivity index (χ2n) is 4.60. The maximum Gasteiger partial charge on any atom is 0.251 e. The van der Waals surface area contributed by atoms with Gasteiger partial charge in [0.25, 0.3) is 5.91 Å². The van der Waals surface area contributed by atoms with E-state index in [0.717, 1.165) is 5.69 Å². The monoisotopic (exact) mass is 302 g/mol. The SMILES string of the molecule is CCc1cc(C(=O)NC2CCS(=O)(=O)C2)cc(Cl)n1. The molecule has 1 amide bonds. The van der Waals surface area contributed by atoms with E-state index in [-0.39, 0.29) is 28.6 Å². The highest BCUT2D eigenvalue weighted by Crippen LogP contribution is 2.14. The van der Waals surface area contributed by atoms with Gasteiger partial charge in [0.05, 0.1) is 11.5 Å². The summed E-state index contributed by atoms with van der Waals surface area (Å²) in [5.41, 5.74) is 1.15. The fraction of sp³-hybridized carbons (Fsp3) is 0.500. The fourth-order valence-electron chi connectivity index (χ4n) is 2.04. The quantitative estimate of drug-likeness (QED) is 0.852. The number of nitrogens with zero attached hydrogens (tertiary/aromatic N) is 1. The van der Waals surface area contributed by atoms with Gasteiger partial charge in [0.1, 0.15) is 5.15 Å². The van der Waals surface area contributed by atoms with Gasteiger partial charge in [-0.25, -0.2) is 13.4 Å². The van der Waals surface area contributed by atoms with E-state index in [1.54, 1.807) is 6.07 Å². The molecule has 0 spiro atoms. The van der Waals surface area contributed by atoms with Crippen LogP contribution in [0.3, 0.4) is 0 Å². The van der Waals surface area contributed by atoms with Gasteiger partial charge in [-0.3, -0.25) is 4.79 Å². The van der Waals surface area contributed by atoms with Gasteiger partial charge in [0.15, 0.2) is 9.84 Å². The van der Waals surface area contributed by atoms with Crippen molar-refractivity contribution in [3.63, 3.8) is 0 Å². The lowest BCUT2D eigenvalue weighted by atomic mass is 10.1. The summed E-state index contributed by atoms with van der Waals surface area (Å²) in [6.07, 6.45) is 1.15. The minimum atomic E-state index is -3.00. The molecule has 1 fully saturated rings. The molecule has 1 saturated heterocycles. The summed E-state index contributed by atoms with van der Waals surface area (Å²) in [6, 6.07) is 2.85. The normalized spacial score (nSPS) is 21.3. The standard InChI is InChI=1S/C12H15ClN2O3S/c1-2-9-5-8(6-11(13)14-9)12(16)15-10-3-4-19(17,18)7-10/h5-6,10H,2-4,7H2,1H3,(H,15,16). The molecule has 0 aliphatic carbocycles. The predicted octanol–water partition coefficient (Wildman–Crippen LogP) is 1.21. The smallest absolute Gasteiger partial charge is 0.251 e. The van der Waals surface area contributed by atoms with E-state index < -0.39 is 9.84 Å². The summed E-state index contributed by atoms with van der Waals surface area (Å²) >= 11 is 5.85. The van der Waals surface area contributed by atoms with Gasteiger partial charge < -0.3 is 5.32 Å². The molecule has 1 atom stereocenters. The van der Waals surface area contributed by atoms with Gasteiger partial charge in [0.2, 0.25) is 0 Å². The van der Waals surface area contributed by atoms with Crippen LogP contribution in [0.15, 0.2) is 12.1 Å². The van der Waals surface area contributed by atoms with E-state index in [2.05, 4.69) is 10.3 Å². The molecule has 0 saturated carbocycles. The summed E-state index contributed by atoms with van der Waals surface area (Å²) < 4.78 is 22.7. The van der Waals surface area contributed by atoms with Crippen molar-refractivity contribution in [3.05, 3.63) is 28.5 Å². The number of hydrogen-bond donors (Lipinski definition) is 1. The first-order chi connectivity index (χ1) is 8.89. The number of pyridine rings is 1. The number of amides is 1. The van der Waals surface area contributed by atoms with Crippen LogP contribution < -0.4 is 5.32 Å². The number of carbonyl (C=O) groups excluding carboxylic acids is 1. The molecule has 0 aromatic carbocycles. The van der Waals surface area contributed by atoms with Crippen molar-refractivity contribution in [1.82, 2.24) is 10.3 Å². The predicted molar refractivity (Wildman–Crippen MR) is 73.2 cm³/mol. The molecule has 7 heteroatoms. The van der Waals surface area contributed by atoms with Crippen molar-refractivity contribution in [2.24, 2.45) is 0 Å². The molecule has 1 aliphatic heterocycles. The molecular formula is C12H15ClN2O3S. The Balaban J connectivity index is 2.10. The van der Waals surface area contributed by atoms with Crippen LogP contribution >= 0.6 is 11.6 Å². The van der Waals surface area contributed by atoms with Gasteiger partial charge in [-0.15, -0.1) is 0 Å². The molecule has 1 aromatic rings. The van der Waals surface area contributed by atoms with Gasteiger partial charge >= 0.3 is 0 Å². The van der Waals surface area contributed by atoms with Crippen LogP contribution in [0.25, 0.3) is 0 Å². The van der Waals surface area contributed by atoms with E-state index in [1.807, 2.05) is 6.92 Å². The summed E-state index contributed by atoms with van der Waals surface area (Å²) in [4.78, 5) is 16.1. The molecule has 1 N–H and O–H groups in total.